The van der Waals surface area contributed by atoms with Gasteiger partial charge in [0.25, 0.3) is 0 Å². The zero-order valence-corrected chi connectivity index (χ0v) is 10.1. The number of hydrogen-bond donors (Lipinski definition) is 2. The van der Waals surface area contributed by atoms with Gasteiger partial charge in [-0.15, -0.1) is 0 Å². The number of nitrogens with one attached hydrogen (secondary N) is 2. The van der Waals surface area contributed by atoms with Crippen molar-refractivity contribution in [2.75, 3.05) is 17.2 Å². The van der Waals surface area contributed by atoms with E-state index < -0.39 is 0 Å². The third-order valence-corrected chi connectivity index (χ3v) is 3.86. The van der Waals surface area contributed by atoms with E-state index in [1.807, 2.05) is 0 Å². The number of benzene rings is 2. The summed E-state index contributed by atoms with van der Waals surface area (Å²) in [5, 5.41) is 9.69. The summed E-state index contributed by atoms with van der Waals surface area (Å²) in [4.78, 5) is 0. The maximum absolute atomic E-state index is 5.78. The first-order valence-corrected chi connectivity index (χ1v) is 6.58. The van der Waals surface area contributed by atoms with Gasteiger partial charge in [-0.25, -0.2) is 0 Å². The standard InChI is InChI=1S/C15H16N2O/c1-4-10-5-2-7-12-14(10)11(6-1)16-15(17-12)13-8-3-9-18-13/h1-2,4-7,13,15-17H,3,8-9H2. The van der Waals surface area contributed by atoms with Gasteiger partial charge in [0.05, 0.1) is 6.10 Å². The lowest BCUT2D eigenvalue weighted by atomic mass is 10.0. The van der Waals surface area contributed by atoms with Gasteiger partial charge in [0.1, 0.15) is 6.17 Å². The highest BCUT2D eigenvalue weighted by atomic mass is 16.5. The van der Waals surface area contributed by atoms with E-state index in [9.17, 15) is 0 Å². The molecule has 1 atom stereocenters. The molecule has 3 nitrogen and oxygen atoms in total. The van der Waals surface area contributed by atoms with Gasteiger partial charge in [0, 0.05) is 23.4 Å². The van der Waals surface area contributed by atoms with Crippen LogP contribution in [0, 0.1) is 0 Å². The van der Waals surface area contributed by atoms with Gasteiger partial charge in [-0.3, -0.25) is 0 Å². The van der Waals surface area contributed by atoms with Crippen molar-refractivity contribution in [3.63, 3.8) is 0 Å². The zero-order valence-electron chi connectivity index (χ0n) is 10.1. The third-order valence-electron chi connectivity index (χ3n) is 3.86. The summed E-state index contributed by atoms with van der Waals surface area (Å²) in [5.74, 6) is 0. The molecule has 0 saturated carbocycles. The molecule has 0 bridgehead atoms. The Morgan fingerprint density at radius 2 is 1.72 bits per heavy atom. The van der Waals surface area contributed by atoms with Crippen LogP contribution in [0.25, 0.3) is 10.8 Å². The van der Waals surface area contributed by atoms with Gasteiger partial charge in [-0.2, -0.15) is 0 Å². The molecular formula is C15H16N2O. The summed E-state index contributed by atoms with van der Waals surface area (Å²) in [6.07, 6.45) is 2.75. The fourth-order valence-electron chi connectivity index (χ4n) is 3.00. The second-order valence-electron chi connectivity index (χ2n) is 5.03. The average Bonchev–Trinajstić information content (AvgIpc) is 2.93. The van der Waals surface area contributed by atoms with Gasteiger partial charge in [0.15, 0.2) is 0 Å². The monoisotopic (exact) mass is 240 g/mol. The number of anilines is 2. The minimum Gasteiger partial charge on any atom is -0.374 e. The molecule has 1 saturated heterocycles. The molecule has 2 aromatic rings. The van der Waals surface area contributed by atoms with E-state index in [2.05, 4.69) is 47.0 Å². The molecule has 2 heterocycles. The minimum absolute atomic E-state index is 0.188. The fourth-order valence-corrected chi connectivity index (χ4v) is 3.00. The van der Waals surface area contributed by atoms with E-state index >= 15 is 0 Å². The first kappa shape index (κ1) is 10.2. The Bertz CT molecular complexity index is 549. The van der Waals surface area contributed by atoms with Gasteiger partial charge >= 0.3 is 0 Å². The van der Waals surface area contributed by atoms with E-state index in [-0.39, 0.29) is 12.3 Å². The predicted octanol–water partition coefficient (Wildman–Crippen LogP) is 3.18. The van der Waals surface area contributed by atoms with Crippen LogP contribution in [-0.2, 0) is 4.74 Å². The van der Waals surface area contributed by atoms with Crippen molar-refractivity contribution in [3.05, 3.63) is 36.4 Å². The van der Waals surface area contributed by atoms with E-state index in [0.717, 1.165) is 19.4 Å². The van der Waals surface area contributed by atoms with Crippen LogP contribution in [0.3, 0.4) is 0 Å². The summed E-state index contributed by atoms with van der Waals surface area (Å²) in [6, 6.07) is 12.8. The van der Waals surface area contributed by atoms with Crippen LogP contribution >= 0.6 is 0 Å². The Labute approximate surface area is 106 Å². The van der Waals surface area contributed by atoms with Crippen molar-refractivity contribution in [2.24, 2.45) is 0 Å². The maximum Gasteiger partial charge on any atom is 0.123 e. The van der Waals surface area contributed by atoms with Crippen molar-refractivity contribution in [2.45, 2.75) is 25.1 Å². The predicted molar refractivity (Wildman–Crippen MR) is 74.0 cm³/mol. The van der Waals surface area contributed by atoms with Crippen molar-refractivity contribution >= 4 is 22.1 Å². The Kier molecular flexibility index (Phi) is 2.20. The zero-order chi connectivity index (χ0) is 11.9. The average molecular weight is 240 g/mol. The van der Waals surface area contributed by atoms with Crippen LogP contribution in [-0.4, -0.2) is 18.9 Å². The van der Waals surface area contributed by atoms with Gasteiger partial charge in [0.2, 0.25) is 0 Å². The molecule has 1 fully saturated rings. The molecule has 3 heteroatoms. The van der Waals surface area contributed by atoms with Crippen molar-refractivity contribution in [1.82, 2.24) is 0 Å². The molecule has 0 spiro atoms. The Morgan fingerprint density at radius 3 is 2.33 bits per heavy atom. The quantitative estimate of drug-likeness (QED) is 0.803. The molecule has 0 aliphatic carbocycles. The van der Waals surface area contributed by atoms with Gasteiger partial charge in [-0.05, 0) is 30.4 Å². The molecule has 18 heavy (non-hydrogen) atoms. The molecule has 2 aliphatic heterocycles. The second-order valence-corrected chi connectivity index (χ2v) is 5.03. The normalized spacial score (nSPS) is 22.8. The Balaban J connectivity index is 1.78. The van der Waals surface area contributed by atoms with E-state index in [0.29, 0.717) is 0 Å². The summed E-state index contributed by atoms with van der Waals surface area (Å²) < 4.78 is 5.78. The summed E-state index contributed by atoms with van der Waals surface area (Å²) >= 11 is 0. The SMILES string of the molecule is c1cc2c3c(cccc3c1)NC(C1CCCO1)N2. The lowest BCUT2D eigenvalue weighted by Gasteiger charge is -2.32. The molecule has 1 unspecified atom stereocenters. The highest BCUT2D eigenvalue weighted by Crippen LogP contribution is 2.36. The van der Waals surface area contributed by atoms with E-state index in [1.54, 1.807) is 0 Å². The fraction of sp³-hybridized carbons (Fsp3) is 0.333. The molecule has 2 aromatic carbocycles. The molecule has 0 aromatic heterocycles. The molecule has 2 aliphatic rings. The van der Waals surface area contributed by atoms with E-state index in [1.165, 1.54) is 22.1 Å². The first-order chi connectivity index (χ1) is 8.92. The topological polar surface area (TPSA) is 33.3 Å². The summed E-state index contributed by atoms with van der Waals surface area (Å²) in [5.41, 5.74) is 2.42. The second kappa shape index (κ2) is 3.89. The van der Waals surface area contributed by atoms with Crippen molar-refractivity contribution < 1.29 is 4.74 Å². The Hall–Kier alpha value is -1.74. The maximum atomic E-state index is 5.78. The lowest BCUT2D eigenvalue weighted by molar-refractivity contribution is 0.101. The van der Waals surface area contributed by atoms with Crippen molar-refractivity contribution in [3.8, 4) is 0 Å². The van der Waals surface area contributed by atoms with Crippen molar-refractivity contribution in [1.29, 1.82) is 0 Å². The third kappa shape index (κ3) is 1.47. The van der Waals surface area contributed by atoms with Crippen LogP contribution in [0.4, 0.5) is 11.4 Å². The smallest absolute Gasteiger partial charge is 0.123 e. The van der Waals surface area contributed by atoms with Crippen LogP contribution in [0.15, 0.2) is 36.4 Å². The molecular weight excluding hydrogens is 224 g/mol. The molecule has 92 valence electrons. The lowest BCUT2D eigenvalue weighted by Crippen LogP contribution is -2.41. The van der Waals surface area contributed by atoms with Gasteiger partial charge in [-0.1, -0.05) is 24.3 Å². The van der Waals surface area contributed by atoms with Crippen LogP contribution < -0.4 is 10.6 Å². The molecule has 4 rings (SSSR count). The molecule has 0 amide bonds. The largest absolute Gasteiger partial charge is 0.374 e. The highest BCUT2D eigenvalue weighted by Gasteiger charge is 2.29. The molecule has 0 radical (unpaired) electrons. The number of rotatable bonds is 1. The molecule has 2 N–H and O–H groups in total. The summed E-state index contributed by atoms with van der Waals surface area (Å²) in [6.45, 7) is 0.885. The van der Waals surface area contributed by atoms with Crippen LogP contribution in [0.1, 0.15) is 12.8 Å². The number of hydrogen-bond acceptors (Lipinski definition) is 3. The Morgan fingerprint density at radius 1 is 1.00 bits per heavy atom. The minimum atomic E-state index is 0.188. The number of ether oxygens (including phenoxy) is 1. The summed E-state index contributed by atoms with van der Waals surface area (Å²) in [7, 11) is 0. The highest BCUT2D eigenvalue weighted by molar-refractivity contribution is 6.04. The first-order valence-electron chi connectivity index (χ1n) is 6.58. The van der Waals surface area contributed by atoms with Crippen LogP contribution in [0.5, 0.6) is 0 Å². The van der Waals surface area contributed by atoms with E-state index in [4.69, 9.17) is 4.74 Å². The van der Waals surface area contributed by atoms with Crippen LogP contribution in [0.2, 0.25) is 0 Å². The van der Waals surface area contributed by atoms with Gasteiger partial charge < -0.3 is 15.4 Å².